The fraction of sp³-hybridized carbons (Fsp3) is 0.467. The van der Waals surface area contributed by atoms with Gasteiger partial charge < -0.3 is 9.88 Å². The maximum atomic E-state index is 12.1. The van der Waals surface area contributed by atoms with Crippen LogP contribution in [0, 0.1) is 0 Å². The van der Waals surface area contributed by atoms with Crippen LogP contribution in [0.1, 0.15) is 26.6 Å². The first-order chi connectivity index (χ1) is 9.40. The van der Waals surface area contributed by atoms with E-state index in [1.165, 1.54) is 0 Å². The highest BCUT2D eigenvalue weighted by Gasteiger charge is 2.17. The third kappa shape index (κ3) is 3.51. The third-order valence-electron chi connectivity index (χ3n) is 2.87. The first-order valence-electron chi connectivity index (χ1n) is 6.72. The SMILES string of the molecule is CC(C)(C)NC(=O)Cn1c(CCCl)nc2ccccc21. The summed E-state index contributed by atoms with van der Waals surface area (Å²) in [6.45, 7) is 6.17. The van der Waals surface area contributed by atoms with Gasteiger partial charge in [-0.2, -0.15) is 0 Å². The summed E-state index contributed by atoms with van der Waals surface area (Å²) in [6, 6.07) is 7.82. The predicted octanol–water partition coefficient (Wildman–Crippen LogP) is 2.73. The molecular weight excluding hydrogens is 274 g/mol. The molecule has 1 aromatic heterocycles. The van der Waals surface area contributed by atoms with Crippen molar-refractivity contribution in [3.05, 3.63) is 30.1 Å². The lowest BCUT2D eigenvalue weighted by Crippen LogP contribution is -2.42. The van der Waals surface area contributed by atoms with Gasteiger partial charge in [0.2, 0.25) is 5.91 Å². The van der Waals surface area contributed by atoms with Crippen LogP contribution in [-0.4, -0.2) is 26.9 Å². The van der Waals surface area contributed by atoms with E-state index in [-0.39, 0.29) is 18.0 Å². The molecule has 5 heteroatoms. The summed E-state index contributed by atoms with van der Waals surface area (Å²) in [6.07, 6.45) is 0.652. The number of benzene rings is 1. The van der Waals surface area contributed by atoms with Crippen LogP contribution in [-0.2, 0) is 17.8 Å². The van der Waals surface area contributed by atoms with Crippen LogP contribution >= 0.6 is 11.6 Å². The summed E-state index contributed by atoms with van der Waals surface area (Å²) in [5, 5.41) is 2.97. The number of para-hydroxylation sites is 2. The standard InChI is InChI=1S/C15H20ClN3O/c1-15(2,3)18-14(20)10-19-12-7-5-4-6-11(12)17-13(19)8-9-16/h4-7H,8-10H2,1-3H3,(H,18,20). The molecule has 1 amide bonds. The minimum absolute atomic E-state index is 0.0172. The van der Waals surface area contributed by atoms with Crippen molar-refractivity contribution in [1.29, 1.82) is 0 Å². The van der Waals surface area contributed by atoms with Crippen molar-refractivity contribution < 1.29 is 4.79 Å². The lowest BCUT2D eigenvalue weighted by atomic mass is 10.1. The average molecular weight is 294 g/mol. The fourth-order valence-corrected chi connectivity index (χ4v) is 2.35. The molecule has 0 saturated carbocycles. The summed E-state index contributed by atoms with van der Waals surface area (Å²) in [7, 11) is 0. The predicted molar refractivity (Wildman–Crippen MR) is 82.1 cm³/mol. The zero-order valence-electron chi connectivity index (χ0n) is 12.1. The third-order valence-corrected chi connectivity index (χ3v) is 3.06. The number of alkyl halides is 1. The van der Waals surface area contributed by atoms with Gasteiger partial charge in [0.15, 0.2) is 0 Å². The van der Waals surface area contributed by atoms with Crippen molar-refractivity contribution in [3.63, 3.8) is 0 Å². The molecule has 108 valence electrons. The molecule has 2 rings (SSSR count). The van der Waals surface area contributed by atoms with E-state index in [1.54, 1.807) is 0 Å². The largest absolute Gasteiger partial charge is 0.350 e. The number of amides is 1. The lowest BCUT2D eigenvalue weighted by molar-refractivity contribution is -0.123. The molecule has 4 nitrogen and oxygen atoms in total. The first-order valence-corrected chi connectivity index (χ1v) is 7.25. The zero-order valence-corrected chi connectivity index (χ0v) is 12.9. The van der Waals surface area contributed by atoms with E-state index in [0.29, 0.717) is 12.3 Å². The van der Waals surface area contributed by atoms with Crippen LogP contribution in [0.15, 0.2) is 24.3 Å². The average Bonchev–Trinajstić information content (AvgIpc) is 2.66. The van der Waals surface area contributed by atoms with E-state index in [2.05, 4.69) is 10.3 Å². The summed E-state index contributed by atoms with van der Waals surface area (Å²) in [5.74, 6) is 1.33. The van der Waals surface area contributed by atoms with E-state index in [1.807, 2.05) is 49.6 Å². The molecule has 20 heavy (non-hydrogen) atoms. The quantitative estimate of drug-likeness (QED) is 0.881. The van der Waals surface area contributed by atoms with Gasteiger partial charge in [0.1, 0.15) is 12.4 Å². The maximum Gasteiger partial charge on any atom is 0.240 e. The second-order valence-corrected chi connectivity index (χ2v) is 6.22. The van der Waals surface area contributed by atoms with E-state index in [0.717, 1.165) is 16.9 Å². The van der Waals surface area contributed by atoms with Gasteiger partial charge in [-0.3, -0.25) is 4.79 Å². The highest BCUT2D eigenvalue weighted by Crippen LogP contribution is 2.17. The molecule has 0 aliphatic heterocycles. The van der Waals surface area contributed by atoms with Crippen LogP contribution in [0.25, 0.3) is 11.0 Å². The molecule has 1 aromatic carbocycles. The second kappa shape index (κ2) is 5.83. The van der Waals surface area contributed by atoms with Crippen molar-refractivity contribution in [1.82, 2.24) is 14.9 Å². The summed E-state index contributed by atoms with van der Waals surface area (Å²) in [4.78, 5) is 16.7. The van der Waals surface area contributed by atoms with Gasteiger partial charge in [-0.15, -0.1) is 11.6 Å². The maximum absolute atomic E-state index is 12.1. The molecule has 0 radical (unpaired) electrons. The monoisotopic (exact) mass is 293 g/mol. The molecule has 0 aliphatic rings. The van der Waals surface area contributed by atoms with Crippen molar-refractivity contribution in [3.8, 4) is 0 Å². The number of rotatable bonds is 4. The van der Waals surface area contributed by atoms with Gasteiger partial charge in [0.05, 0.1) is 11.0 Å². The molecule has 0 bridgehead atoms. The van der Waals surface area contributed by atoms with Crippen LogP contribution < -0.4 is 5.32 Å². The highest BCUT2D eigenvalue weighted by atomic mass is 35.5. The number of nitrogens with one attached hydrogen (secondary N) is 1. The molecule has 0 aliphatic carbocycles. The van der Waals surface area contributed by atoms with Gasteiger partial charge in [0.25, 0.3) is 0 Å². The zero-order chi connectivity index (χ0) is 14.8. The van der Waals surface area contributed by atoms with Crippen LogP contribution in [0.4, 0.5) is 0 Å². The summed E-state index contributed by atoms with van der Waals surface area (Å²) >= 11 is 5.82. The number of aryl methyl sites for hydroxylation is 1. The summed E-state index contributed by atoms with van der Waals surface area (Å²) in [5.41, 5.74) is 1.63. The molecule has 0 saturated heterocycles. The molecule has 0 unspecified atom stereocenters. The Hall–Kier alpha value is -1.55. The Morgan fingerprint density at radius 2 is 2.05 bits per heavy atom. The van der Waals surface area contributed by atoms with Crippen molar-refractivity contribution in [2.24, 2.45) is 0 Å². The Bertz CT molecular complexity index is 613. The lowest BCUT2D eigenvalue weighted by Gasteiger charge is -2.21. The first kappa shape index (κ1) is 14.9. The Kier molecular flexibility index (Phi) is 4.33. The Morgan fingerprint density at radius 3 is 2.70 bits per heavy atom. The Balaban J connectivity index is 2.31. The van der Waals surface area contributed by atoms with Crippen LogP contribution in [0.3, 0.4) is 0 Å². The molecule has 2 aromatic rings. The smallest absolute Gasteiger partial charge is 0.240 e. The molecule has 0 fully saturated rings. The van der Waals surface area contributed by atoms with Crippen molar-refractivity contribution in [2.75, 3.05) is 5.88 Å². The van der Waals surface area contributed by atoms with E-state index < -0.39 is 0 Å². The fourth-order valence-electron chi connectivity index (χ4n) is 2.18. The van der Waals surface area contributed by atoms with E-state index in [9.17, 15) is 4.79 Å². The van der Waals surface area contributed by atoms with Crippen LogP contribution in [0.2, 0.25) is 0 Å². The number of hydrogen-bond donors (Lipinski definition) is 1. The van der Waals surface area contributed by atoms with Crippen LogP contribution in [0.5, 0.6) is 0 Å². The van der Waals surface area contributed by atoms with Crippen molar-refractivity contribution in [2.45, 2.75) is 39.3 Å². The van der Waals surface area contributed by atoms with E-state index >= 15 is 0 Å². The number of imidazole rings is 1. The van der Waals surface area contributed by atoms with Gasteiger partial charge >= 0.3 is 0 Å². The summed E-state index contributed by atoms with van der Waals surface area (Å²) < 4.78 is 1.94. The Labute approximate surface area is 124 Å². The topological polar surface area (TPSA) is 46.9 Å². The number of carbonyl (C=O) groups excluding carboxylic acids is 1. The van der Waals surface area contributed by atoms with Gasteiger partial charge in [-0.05, 0) is 32.9 Å². The van der Waals surface area contributed by atoms with Gasteiger partial charge in [-0.1, -0.05) is 12.1 Å². The van der Waals surface area contributed by atoms with Crippen molar-refractivity contribution >= 4 is 28.5 Å². The molecule has 0 spiro atoms. The number of carbonyl (C=O) groups is 1. The number of nitrogens with zero attached hydrogens (tertiary/aromatic N) is 2. The van der Waals surface area contributed by atoms with Gasteiger partial charge in [0, 0.05) is 17.8 Å². The van der Waals surface area contributed by atoms with E-state index in [4.69, 9.17) is 11.6 Å². The number of aromatic nitrogens is 2. The highest BCUT2D eigenvalue weighted by molar-refractivity contribution is 6.17. The minimum atomic E-state index is -0.236. The normalized spacial score (nSPS) is 11.8. The Morgan fingerprint density at radius 1 is 1.35 bits per heavy atom. The number of hydrogen-bond acceptors (Lipinski definition) is 2. The molecule has 1 N–H and O–H groups in total. The molecule has 1 heterocycles. The van der Waals surface area contributed by atoms with Gasteiger partial charge in [-0.25, -0.2) is 4.98 Å². The number of fused-ring (bicyclic) bond motifs is 1. The second-order valence-electron chi connectivity index (χ2n) is 5.84. The number of halogens is 1. The molecule has 0 atom stereocenters. The minimum Gasteiger partial charge on any atom is -0.350 e. The molecular formula is C15H20ClN3O.